The molecule has 1 unspecified atom stereocenters. The summed E-state index contributed by atoms with van der Waals surface area (Å²) in [5, 5.41) is 9.29. The standard InChI is InChI=1S/C17H24F2O2/c1-2-12-3-5-13(6-4-12)14-7-9-17(10-8-14,16(20)21)11-15(18)19/h7-9,12-13,15H,2-6,10-11H2,1H3,(H,20,21)/t12-,13-,17?. The van der Waals surface area contributed by atoms with Crippen LogP contribution < -0.4 is 0 Å². The van der Waals surface area contributed by atoms with Gasteiger partial charge in [0, 0.05) is 6.42 Å². The van der Waals surface area contributed by atoms with Gasteiger partial charge < -0.3 is 5.11 Å². The van der Waals surface area contributed by atoms with Crippen molar-refractivity contribution in [3.05, 3.63) is 23.8 Å². The molecule has 0 aliphatic heterocycles. The molecule has 2 nitrogen and oxygen atoms in total. The maximum absolute atomic E-state index is 12.6. The van der Waals surface area contributed by atoms with Crippen LogP contribution in [0.4, 0.5) is 8.78 Å². The second-order valence-corrected chi connectivity index (χ2v) is 6.42. The Bertz CT molecular complexity index is 434. The van der Waals surface area contributed by atoms with Crippen LogP contribution in [0, 0.1) is 17.3 Å². The first-order valence-corrected chi connectivity index (χ1v) is 7.87. The Morgan fingerprint density at radius 2 is 2.05 bits per heavy atom. The predicted octanol–water partition coefficient (Wildman–Crippen LogP) is 4.82. The summed E-state index contributed by atoms with van der Waals surface area (Å²) >= 11 is 0. The van der Waals surface area contributed by atoms with Crippen molar-refractivity contribution in [2.24, 2.45) is 17.3 Å². The fourth-order valence-electron chi connectivity index (χ4n) is 3.57. The molecule has 0 radical (unpaired) electrons. The van der Waals surface area contributed by atoms with E-state index in [0.717, 1.165) is 24.3 Å². The van der Waals surface area contributed by atoms with E-state index >= 15 is 0 Å². The number of allylic oxidation sites excluding steroid dienone is 3. The first-order chi connectivity index (χ1) is 9.97. The van der Waals surface area contributed by atoms with Crippen molar-refractivity contribution in [1.82, 2.24) is 0 Å². The van der Waals surface area contributed by atoms with Crippen LogP contribution in [0.3, 0.4) is 0 Å². The van der Waals surface area contributed by atoms with E-state index in [-0.39, 0.29) is 6.42 Å². The summed E-state index contributed by atoms with van der Waals surface area (Å²) < 4.78 is 25.3. The molecule has 1 fully saturated rings. The van der Waals surface area contributed by atoms with Gasteiger partial charge in [0.05, 0.1) is 5.41 Å². The van der Waals surface area contributed by atoms with E-state index in [2.05, 4.69) is 6.92 Å². The minimum absolute atomic E-state index is 0.187. The number of hydrogen-bond donors (Lipinski definition) is 1. The fraction of sp³-hybridized carbons (Fsp3) is 0.706. The topological polar surface area (TPSA) is 37.3 Å². The summed E-state index contributed by atoms with van der Waals surface area (Å²) in [7, 11) is 0. The number of alkyl halides is 2. The Labute approximate surface area is 124 Å². The Kier molecular flexibility index (Phi) is 5.17. The minimum atomic E-state index is -2.60. The first kappa shape index (κ1) is 16.2. The molecule has 0 aromatic heterocycles. The average Bonchev–Trinajstić information content (AvgIpc) is 2.47. The molecule has 0 heterocycles. The SMILES string of the molecule is CC[C@H]1CC[C@H](C2=CCC(CC(F)F)(C(=O)O)C=C2)CC1. The zero-order valence-electron chi connectivity index (χ0n) is 12.5. The smallest absolute Gasteiger partial charge is 0.314 e. The van der Waals surface area contributed by atoms with Crippen LogP contribution in [0.25, 0.3) is 0 Å². The second-order valence-electron chi connectivity index (χ2n) is 6.42. The van der Waals surface area contributed by atoms with E-state index < -0.39 is 24.2 Å². The van der Waals surface area contributed by atoms with Gasteiger partial charge in [0.15, 0.2) is 0 Å². The molecule has 2 rings (SSSR count). The van der Waals surface area contributed by atoms with Gasteiger partial charge in [0.25, 0.3) is 0 Å². The van der Waals surface area contributed by atoms with Crippen molar-refractivity contribution >= 4 is 5.97 Å². The number of carboxylic acid groups (broad SMARTS) is 1. The molecule has 21 heavy (non-hydrogen) atoms. The lowest BCUT2D eigenvalue weighted by molar-refractivity contribution is -0.148. The fourth-order valence-corrected chi connectivity index (χ4v) is 3.57. The van der Waals surface area contributed by atoms with E-state index in [0.29, 0.717) is 5.92 Å². The van der Waals surface area contributed by atoms with Crippen molar-refractivity contribution in [3.8, 4) is 0 Å². The highest BCUT2D eigenvalue weighted by atomic mass is 19.3. The summed E-state index contributed by atoms with van der Waals surface area (Å²) in [6, 6.07) is 0. The van der Waals surface area contributed by atoms with E-state index in [1.165, 1.54) is 25.3 Å². The third-order valence-electron chi connectivity index (χ3n) is 5.14. The molecule has 1 saturated carbocycles. The molecule has 0 spiro atoms. The largest absolute Gasteiger partial charge is 0.481 e. The van der Waals surface area contributed by atoms with Gasteiger partial charge in [-0.25, -0.2) is 8.78 Å². The molecule has 2 aliphatic carbocycles. The highest BCUT2D eigenvalue weighted by molar-refractivity contribution is 5.78. The summed E-state index contributed by atoms with van der Waals surface area (Å²) in [4.78, 5) is 11.4. The third kappa shape index (κ3) is 3.72. The molecule has 0 bridgehead atoms. The lowest BCUT2D eigenvalue weighted by Gasteiger charge is -2.33. The summed E-state index contributed by atoms with van der Waals surface area (Å²) in [6.07, 6.45) is 8.07. The van der Waals surface area contributed by atoms with Crippen molar-refractivity contribution in [2.45, 2.75) is 58.3 Å². The van der Waals surface area contributed by atoms with Gasteiger partial charge in [0.1, 0.15) is 0 Å². The Hall–Kier alpha value is -1.19. The van der Waals surface area contributed by atoms with Gasteiger partial charge >= 0.3 is 5.97 Å². The van der Waals surface area contributed by atoms with Crippen LogP contribution in [0.5, 0.6) is 0 Å². The van der Waals surface area contributed by atoms with Crippen molar-refractivity contribution < 1.29 is 18.7 Å². The summed E-state index contributed by atoms with van der Waals surface area (Å²) in [6.45, 7) is 2.22. The van der Waals surface area contributed by atoms with Crippen LogP contribution >= 0.6 is 0 Å². The van der Waals surface area contributed by atoms with Crippen LogP contribution in [0.1, 0.15) is 51.9 Å². The molecular formula is C17H24F2O2. The van der Waals surface area contributed by atoms with E-state index in [4.69, 9.17) is 0 Å². The second kappa shape index (κ2) is 6.71. The highest BCUT2D eigenvalue weighted by Crippen LogP contribution is 2.41. The monoisotopic (exact) mass is 298 g/mol. The van der Waals surface area contributed by atoms with E-state index in [1.807, 2.05) is 6.08 Å². The quantitative estimate of drug-likeness (QED) is 0.790. The number of carboxylic acids is 1. The number of rotatable bonds is 5. The molecular weight excluding hydrogens is 274 g/mol. The number of aliphatic carboxylic acids is 1. The number of hydrogen-bond acceptors (Lipinski definition) is 1. The highest BCUT2D eigenvalue weighted by Gasteiger charge is 2.40. The molecule has 118 valence electrons. The predicted molar refractivity (Wildman–Crippen MR) is 78.3 cm³/mol. The van der Waals surface area contributed by atoms with Gasteiger partial charge in [-0.05, 0) is 49.5 Å². The van der Waals surface area contributed by atoms with Gasteiger partial charge in [-0.15, -0.1) is 0 Å². The van der Waals surface area contributed by atoms with Gasteiger partial charge in [0.2, 0.25) is 6.43 Å². The van der Waals surface area contributed by atoms with Crippen molar-refractivity contribution in [2.75, 3.05) is 0 Å². The van der Waals surface area contributed by atoms with E-state index in [9.17, 15) is 18.7 Å². The number of halogens is 2. The van der Waals surface area contributed by atoms with Crippen LogP contribution in [-0.4, -0.2) is 17.5 Å². The Balaban J connectivity index is 2.01. The van der Waals surface area contributed by atoms with Gasteiger partial charge in [-0.1, -0.05) is 31.6 Å². The molecule has 0 amide bonds. The summed E-state index contributed by atoms with van der Waals surface area (Å²) in [5.41, 5.74) is -0.270. The molecule has 4 heteroatoms. The molecule has 0 aromatic carbocycles. The third-order valence-corrected chi connectivity index (χ3v) is 5.14. The minimum Gasteiger partial charge on any atom is -0.481 e. The van der Waals surface area contributed by atoms with Crippen molar-refractivity contribution in [3.63, 3.8) is 0 Å². The molecule has 0 aromatic rings. The first-order valence-electron chi connectivity index (χ1n) is 7.87. The lowest BCUT2D eigenvalue weighted by Crippen LogP contribution is -2.32. The number of carbonyl (C=O) groups is 1. The zero-order chi connectivity index (χ0) is 15.5. The van der Waals surface area contributed by atoms with Crippen LogP contribution in [0.15, 0.2) is 23.8 Å². The molecule has 1 atom stereocenters. The average molecular weight is 298 g/mol. The maximum atomic E-state index is 12.6. The Morgan fingerprint density at radius 1 is 1.38 bits per heavy atom. The van der Waals surface area contributed by atoms with Gasteiger partial charge in [-0.3, -0.25) is 4.79 Å². The van der Waals surface area contributed by atoms with Crippen molar-refractivity contribution in [1.29, 1.82) is 0 Å². The van der Waals surface area contributed by atoms with E-state index in [1.54, 1.807) is 6.08 Å². The van der Waals surface area contributed by atoms with Crippen LogP contribution in [-0.2, 0) is 4.79 Å². The zero-order valence-corrected chi connectivity index (χ0v) is 12.5. The molecule has 0 saturated heterocycles. The molecule has 1 N–H and O–H groups in total. The van der Waals surface area contributed by atoms with Gasteiger partial charge in [-0.2, -0.15) is 0 Å². The lowest BCUT2D eigenvalue weighted by atomic mass is 9.72. The normalized spacial score (nSPS) is 33.0. The Morgan fingerprint density at radius 3 is 2.48 bits per heavy atom. The molecule has 2 aliphatic rings. The maximum Gasteiger partial charge on any atom is 0.314 e. The summed E-state index contributed by atoms with van der Waals surface area (Å²) in [5.74, 6) is 0.137. The van der Waals surface area contributed by atoms with Crippen LogP contribution in [0.2, 0.25) is 0 Å².